The summed E-state index contributed by atoms with van der Waals surface area (Å²) in [6, 6.07) is 6.00. The van der Waals surface area contributed by atoms with Gasteiger partial charge in [-0.1, -0.05) is 0 Å². The number of Topliss-reactive ketones (excluding diaryl/α,β-unsaturated/α-hetero) is 1. The number of aromatic nitrogens is 1. The molecule has 1 aromatic carbocycles. The molecule has 86 valence electrons. The highest BCUT2D eigenvalue weighted by molar-refractivity contribution is 6.01. The van der Waals surface area contributed by atoms with Crippen molar-refractivity contribution >= 4 is 5.78 Å². The first kappa shape index (κ1) is 11.5. The molecule has 0 radical (unpaired) electrons. The second-order valence-electron chi connectivity index (χ2n) is 3.94. The second kappa shape index (κ2) is 4.45. The van der Waals surface area contributed by atoms with Crippen LogP contribution in [0.4, 0.5) is 4.39 Å². The molecule has 0 atom stereocenters. The normalized spacial score (nSPS) is 10.3. The zero-order chi connectivity index (χ0) is 12.4. The molecule has 0 N–H and O–H groups in total. The first-order valence-electron chi connectivity index (χ1n) is 5.31. The minimum Gasteiger partial charge on any atom is -0.294 e. The maximum atomic E-state index is 13.3. The maximum Gasteiger partial charge on any atom is 0.160 e. The van der Waals surface area contributed by atoms with Crippen molar-refractivity contribution < 1.29 is 9.18 Å². The number of nitrogens with zero attached hydrogens (tertiary/aromatic N) is 1. The molecule has 2 rings (SSSR count). The lowest BCUT2D eigenvalue weighted by Gasteiger charge is -2.09. The molecule has 0 bridgehead atoms. The Morgan fingerprint density at radius 1 is 1.24 bits per heavy atom. The van der Waals surface area contributed by atoms with Gasteiger partial charge < -0.3 is 0 Å². The van der Waals surface area contributed by atoms with Crippen LogP contribution in [0.15, 0.2) is 36.7 Å². The van der Waals surface area contributed by atoms with E-state index in [9.17, 15) is 9.18 Å². The lowest BCUT2D eigenvalue weighted by atomic mass is 9.95. The van der Waals surface area contributed by atoms with Crippen molar-refractivity contribution in [1.29, 1.82) is 0 Å². The molecule has 0 unspecified atom stereocenters. The highest BCUT2D eigenvalue weighted by Crippen LogP contribution is 2.27. The van der Waals surface area contributed by atoms with Crippen molar-refractivity contribution in [1.82, 2.24) is 4.98 Å². The van der Waals surface area contributed by atoms with Gasteiger partial charge in [-0.3, -0.25) is 9.78 Å². The van der Waals surface area contributed by atoms with Gasteiger partial charge in [-0.25, -0.2) is 4.39 Å². The molecular formula is C14H12FNO. The molecule has 0 amide bonds. The van der Waals surface area contributed by atoms with Gasteiger partial charge in [0.05, 0.1) is 0 Å². The van der Waals surface area contributed by atoms with Crippen LogP contribution < -0.4 is 0 Å². The number of ketones is 1. The van der Waals surface area contributed by atoms with Crippen LogP contribution in [0, 0.1) is 12.7 Å². The minimum absolute atomic E-state index is 0.0730. The monoisotopic (exact) mass is 229 g/mol. The van der Waals surface area contributed by atoms with Crippen LogP contribution in [0.5, 0.6) is 0 Å². The van der Waals surface area contributed by atoms with Crippen molar-refractivity contribution in [2.24, 2.45) is 0 Å². The average molecular weight is 229 g/mol. The number of hydrogen-bond donors (Lipinski definition) is 0. The molecule has 0 aliphatic carbocycles. The smallest absolute Gasteiger partial charge is 0.160 e. The van der Waals surface area contributed by atoms with Crippen molar-refractivity contribution in [3.05, 3.63) is 53.6 Å². The van der Waals surface area contributed by atoms with E-state index in [1.54, 1.807) is 18.5 Å². The topological polar surface area (TPSA) is 30.0 Å². The molecule has 3 heteroatoms. The standard InChI is InChI=1S/C14H12FNO/c1-9-8-16-6-5-12(9)14-7-11(15)3-4-13(14)10(2)17/h3-8H,1-2H3. The van der Waals surface area contributed by atoms with Crippen LogP contribution >= 0.6 is 0 Å². The molecule has 0 spiro atoms. The Morgan fingerprint density at radius 2 is 2.00 bits per heavy atom. The van der Waals surface area contributed by atoms with Gasteiger partial charge >= 0.3 is 0 Å². The van der Waals surface area contributed by atoms with Crippen LogP contribution in [0.1, 0.15) is 22.8 Å². The van der Waals surface area contributed by atoms with E-state index in [0.29, 0.717) is 11.1 Å². The second-order valence-corrected chi connectivity index (χ2v) is 3.94. The van der Waals surface area contributed by atoms with Crippen molar-refractivity contribution in [3.8, 4) is 11.1 Å². The largest absolute Gasteiger partial charge is 0.294 e. The van der Waals surface area contributed by atoms with Crippen LogP contribution in [0.3, 0.4) is 0 Å². The van der Waals surface area contributed by atoms with Gasteiger partial charge in [0, 0.05) is 18.0 Å². The predicted octanol–water partition coefficient (Wildman–Crippen LogP) is 3.40. The molecule has 2 nitrogen and oxygen atoms in total. The van der Waals surface area contributed by atoms with Crippen LogP contribution in [-0.4, -0.2) is 10.8 Å². The van der Waals surface area contributed by atoms with E-state index < -0.39 is 0 Å². The summed E-state index contributed by atoms with van der Waals surface area (Å²) in [6.45, 7) is 3.37. The molecule has 0 saturated heterocycles. The first-order chi connectivity index (χ1) is 8.09. The summed E-state index contributed by atoms with van der Waals surface area (Å²) in [4.78, 5) is 15.5. The van der Waals surface area contributed by atoms with E-state index in [0.717, 1.165) is 11.1 Å². The molecule has 0 saturated carbocycles. The Morgan fingerprint density at radius 3 is 2.65 bits per heavy atom. The summed E-state index contributed by atoms with van der Waals surface area (Å²) in [5.74, 6) is -0.419. The summed E-state index contributed by atoms with van der Waals surface area (Å²) in [6.07, 6.45) is 3.33. The van der Waals surface area contributed by atoms with Crippen LogP contribution in [-0.2, 0) is 0 Å². The molecule has 1 aromatic heterocycles. The molecule has 17 heavy (non-hydrogen) atoms. The van der Waals surface area contributed by atoms with Crippen molar-refractivity contribution in [3.63, 3.8) is 0 Å². The lowest BCUT2D eigenvalue weighted by molar-refractivity contribution is 0.101. The summed E-state index contributed by atoms with van der Waals surface area (Å²) in [5.41, 5.74) is 2.91. The number of carbonyl (C=O) groups excluding carboxylic acids is 1. The predicted molar refractivity (Wildman–Crippen MR) is 64.4 cm³/mol. The van der Waals surface area contributed by atoms with Gasteiger partial charge in [-0.05, 0) is 54.8 Å². The Bertz CT molecular complexity index is 578. The van der Waals surface area contributed by atoms with E-state index >= 15 is 0 Å². The van der Waals surface area contributed by atoms with Gasteiger partial charge in [-0.15, -0.1) is 0 Å². The zero-order valence-electron chi connectivity index (χ0n) is 9.70. The van der Waals surface area contributed by atoms with E-state index in [1.807, 2.05) is 6.92 Å². The Kier molecular flexibility index (Phi) is 3.00. The van der Waals surface area contributed by atoms with Gasteiger partial charge in [0.2, 0.25) is 0 Å². The summed E-state index contributed by atoms with van der Waals surface area (Å²) in [7, 11) is 0. The molecule has 2 aromatic rings. The Balaban J connectivity index is 2.70. The van der Waals surface area contributed by atoms with Crippen LogP contribution in [0.25, 0.3) is 11.1 Å². The number of hydrogen-bond acceptors (Lipinski definition) is 2. The zero-order valence-corrected chi connectivity index (χ0v) is 9.70. The number of aryl methyl sites for hydroxylation is 1. The van der Waals surface area contributed by atoms with E-state index in [-0.39, 0.29) is 11.6 Å². The van der Waals surface area contributed by atoms with Gasteiger partial charge in [0.25, 0.3) is 0 Å². The van der Waals surface area contributed by atoms with Crippen molar-refractivity contribution in [2.75, 3.05) is 0 Å². The molecule has 0 fully saturated rings. The van der Waals surface area contributed by atoms with Crippen molar-refractivity contribution in [2.45, 2.75) is 13.8 Å². The number of rotatable bonds is 2. The molecule has 1 heterocycles. The minimum atomic E-state index is -0.346. The van der Waals surface area contributed by atoms with E-state index in [2.05, 4.69) is 4.98 Å². The fourth-order valence-corrected chi connectivity index (χ4v) is 1.82. The summed E-state index contributed by atoms with van der Waals surface area (Å²) in [5, 5.41) is 0. The highest BCUT2D eigenvalue weighted by atomic mass is 19.1. The average Bonchev–Trinajstić information content (AvgIpc) is 2.29. The van der Waals surface area contributed by atoms with E-state index in [1.165, 1.54) is 25.1 Å². The molecule has 0 aliphatic rings. The first-order valence-corrected chi connectivity index (χ1v) is 5.31. The lowest BCUT2D eigenvalue weighted by Crippen LogP contribution is -1.98. The van der Waals surface area contributed by atoms with E-state index in [4.69, 9.17) is 0 Å². The fraction of sp³-hybridized carbons (Fsp3) is 0.143. The third-order valence-corrected chi connectivity index (χ3v) is 2.67. The maximum absolute atomic E-state index is 13.3. The van der Waals surface area contributed by atoms with Crippen LogP contribution in [0.2, 0.25) is 0 Å². The fourth-order valence-electron chi connectivity index (χ4n) is 1.82. The highest BCUT2D eigenvalue weighted by Gasteiger charge is 2.11. The SMILES string of the molecule is CC(=O)c1ccc(F)cc1-c1ccncc1C. The van der Waals surface area contributed by atoms with Gasteiger partial charge in [-0.2, -0.15) is 0 Å². The van der Waals surface area contributed by atoms with Gasteiger partial charge in [0.15, 0.2) is 5.78 Å². The summed E-state index contributed by atoms with van der Waals surface area (Å²) >= 11 is 0. The molecule has 0 aliphatic heterocycles. The third kappa shape index (κ3) is 2.23. The summed E-state index contributed by atoms with van der Waals surface area (Å²) < 4.78 is 13.3. The number of halogens is 1. The molecular weight excluding hydrogens is 217 g/mol. The van der Waals surface area contributed by atoms with Gasteiger partial charge in [0.1, 0.15) is 5.82 Å². The number of carbonyl (C=O) groups is 1. The third-order valence-electron chi connectivity index (χ3n) is 2.67. The number of benzene rings is 1. The quantitative estimate of drug-likeness (QED) is 0.739. The number of pyridine rings is 1. The Hall–Kier alpha value is -2.03. The Labute approximate surface area is 99.1 Å².